The van der Waals surface area contributed by atoms with E-state index in [9.17, 15) is 9.59 Å². The third-order valence-electron chi connectivity index (χ3n) is 8.59. The fraction of sp³-hybridized carbons (Fsp3) is 0.406. The monoisotopic (exact) mass is 568 g/mol. The Morgan fingerprint density at radius 2 is 1.64 bits per heavy atom. The molecule has 1 aromatic carbocycles. The number of aromatic nitrogens is 4. The Hall–Kier alpha value is -4.47. The molecule has 4 heterocycles. The van der Waals surface area contributed by atoms with Gasteiger partial charge < -0.3 is 19.7 Å². The predicted molar refractivity (Wildman–Crippen MR) is 158 cm³/mol. The number of ether oxygens (including phenoxy) is 2. The van der Waals surface area contributed by atoms with Crippen LogP contribution in [0.25, 0.3) is 16.9 Å². The average Bonchev–Trinajstić information content (AvgIpc) is 3.50. The van der Waals surface area contributed by atoms with Crippen LogP contribution in [0.2, 0.25) is 0 Å². The number of piperidine rings is 1. The second-order valence-corrected chi connectivity index (χ2v) is 11.1. The van der Waals surface area contributed by atoms with Crippen molar-refractivity contribution in [3.63, 3.8) is 0 Å². The van der Waals surface area contributed by atoms with Crippen LogP contribution >= 0.6 is 0 Å². The number of pyridine rings is 1. The molecule has 10 nitrogen and oxygen atoms in total. The molecule has 0 spiro atoms. The minimum absolute atomic E-state index is 0.0135. The van der Waals surface area contributed by atoms with Gasteiger partial charge in [0.25, 0.3) is 5.91 Å². The summed E-state index contributed by atoms with van der Waals surface area (Å²) in [5.74, 6) is 1.71. The molecule has 1 N–H and O–H groups in total. The molecule has 10 heteroatoms. The van der Waals surface area contributed by atoms with Gasteiger partial charge >= 0.3 is 0 Å². The van der Waals surface area contributed by atoms with Gasteiger partial charge in [0.2, 0.25) is 5.91 Å². The summed E-state index contributed by atoms with van der Waals surface area (Å²) >= 11 is 0. The predicted octanol–water partition coefficient (Wildman–Crippen LogP) is 4.50. The maximum Gasteiger partial charge on any atom is 0.272 e. The first-order valence-corrected chi connectivity index (χ1v) is 14.6. The van der Waals surface area contributed by atoms with Crippen LogP contribution in [0, 0.1) is 5.92 Å². The van der Waals surface area contributed by atoms with Crippen LogP contribution < -0.4 is 14.8 Å². The Morgan fingerprint density at radius 1 is 0.857 bits per heavy atom. The Bertz CT molecular complexity index is 1560. The molecule has 6 rings (SSSR count). The number of amides is 2. The van der Waals surface area contributed by atoms with Crippen LogP contribution in [0.1, 0.15) is 60.6 Å². The number of carbonyl (C=O) groups excluding carboxylic acids is 2. The quantitative estimate of drug-likeness (QED) is 0.349. The summed E-state index contributed by atoms with van der Waals surface area (Å²) in [5, 5.41) is 7.73. The number of benzene rings is 1. The van der Waals surface area contributed by atoms with Gasteiger partial charge in [-0.05, 0) is 74.9 Å². The van der Waals surface area contributed by atoms with Gasteiger partial charge in [-0.15, -0.1) is 0 Å². The molecule has 2 amide bonds. The smallest absolute Gasteiger partial charge is 0.272 e. The summed E-state index contributed by atoms with van der Waals surface area (Å²) in [6, 6.07) is 15.2. The maximum absolute atomic E-state index is 13.3. The summed E-state index contributed by atoms with van der Waals surface area (Å²) in [5.41, 5.74) is 3.65. The van der Waals surface area contributed by atoms with Gasteiger partial charge in [0.15, 0.2) is 22.8 Å². The Labute approximate surface area is 245 Å². The second kappa shape index (κ2) is 12.2. The molecule has 218 valence electrons. The summed E-state index contributed by atoms with van der Waals surface area (Å²) in [7, 11) is 3.19. The molecular formula is C32H36N6O4. The van der Waals surface area contributed by atoms with Crippen LogP contribution in [0.15, 0.2) is 60.9 Å². The van der Waals surface area contributed by atoms with E-state index in [0.717, 1.165) is 68.6 Å². The third-order valence-corrected chi connectivity index (χ3v) is 8.59. The van der Waals surface area contributed by atoms with Crippen molar-refractivity contribution >= 4 is 17.5 Å². The first kappa shape index (κ1) is 27.7. The zero-order chi connectivity index (χ0) is 29.1. The molecule has 1 aliphatic heterocycles. The van der Waals surface area contributed by atoms with E-state index in [2.05, 4.69) is 26.4 Å². The topological polar surface area (TPSA) is 111 Å². The van der Waals surface area contributed by atoms with Crippen LogP contribution in [0.3, 0.4) is 0 Å². The van der Waals surface area contributed by atoms with Crippen molar-refractivity contribution < 1.29 is 19.1 Å². The van der Waals surface area contributed by atoms with E-state index < -0.39 is 0 Å². The number of nitrogens with zero attached hydrogens (tertiary/aromatic N) is 5. The molecular weight excluding hydrogens is 532 g/mol. The zero-order valence-electron chi connectivity index (χ0n) is 24.0. The van der Waals surface area contributed by atoms with Crippen LogP contribution in [-0.4, -0.2) is 69.6 Å². The number of nitrogens with one attached hydrogen (secondary N) is 1. The minimum Gasteiger partial charge on any atom is -0.493 e. The van der Waals surface area contributed by atoms with E-state index in [1.54, 1.807) is 31.0 Å². The van der Waals surface area contributed by atoms with Crippen molar-refractivity contribution in [2.24, 2.45) is 5.92 Å². The Balaban J connectivity index is 1.05. The van der Waals surface area contributed by atoms with Gasteiger partial charge in [-0.25, -0.2) is 9.50 Å². The maximum atomic E-state index is 13.3. The van der Waals surface area contributed by atoms with E-state index >= 15 is 0 Å². The highest BCUT2D eigenvalue weighted by Crippen LogP contribution is 2.33. The van der Waals surface area contributed by atoms with E-state index in [0.29, 0.717) is 28.8 Å². The highest BCUT2D eigenvalue weighted by molar-refractivity contribution is 5.93. The van der Waals surface area contributed by atoms with Crippen molar-refractivity contribution in [2.45, 2.75) is 50.5 Å². The van der Waals surface area contributed by atoms with E-state index in [1.807, 2.05) is 47.5 Å². The number of carbonyl (C=O) groups is 2. The van der Waals surface area contributed by atoms with Gasteiger partial charge in [-0.1, -0.05) is 6.07 Å². The number of methoxy groups -OCH3 is 2. The van der Waals surface area contributed by atoms with Gasteiger partial charge in [-0.3, -0.25) is 14.6 Å². The lowest BCUT2D eigenvalue weighted by Gasteiger charge is -2.36. The van der Waals surface area contributed by atoms with E-state index in [4.69, 9.17) is 9.47 Å². The standard InChI is InChI=1S/C32H36N6O4/c1-41-28-11-8-23(19-29(28)42-2)27-12-16-34-30-20-26(36-38(27)30)31(39)35-24-9-6-22(7-10-24)32(40)37-17-13-21(14-18-37)25-5-3-4-15-33-25/h3-5,8,11-12,15-16,19-22,24H,6-7,9-10,13-14,17-18H2,1-2H3,(H,35,39). The summed E-state index contributed by atoms with van der Waals surface area (Å²) in [6.45, 7) is 1.56. The minimum atomic E-state index is -0.231. The van der Waals surface area contributed by atoms with E-state index in [-0.39, 0.29) is 23.8 Å². The Morgan fingerprint density at radius 3 is 2.36 bits per heavy atom. The first-order valence-electron chi connectivity index (χ1n) is 14.6. The fourth-order valence-corrected chi connectivity index (χ4v) is 6.24. The molecule has 0 bridgehead atoms. The SMILES string of the molecule is COc1ccc(-c2ccnc3cc(C(=O)NC4CCC(C(=O)N5CCC(c6ccccn6)CC5)CC4)nn23)cc1OC. The summed E-state index contributed by atoms with van der Waals surface area (Å²) < 4.78 is 12.5. The van der Waals surface area contributed by atoms with Crippen LogP contribution in [0.5, 0.6) is 11.5 Å². The van der Waals surface area contributed by atoms with Crippen molar-refractivity contribution in [3.05, 3.63) is 72.3 Å². The lowest BCUT2D eigenvalue weighted by atomic mass is 9.84. The molecule has 0 radical (unpaired) electrons. The average molecular weight is 569 g/mol. The molecule has 2 fully saturated rings. The molecule has 1 aliphatic carbocycles. The Kier molecular flexibility index (Phi) is 8.03. The molecule has 1 saturated heterocycles. The van der Waals surface area contributed by atoms with E-state index in [1.165, 1.54) is 0 Å². The van der Waals surface area contributed by atoms with Gasteiger partial charge in [0.1, 0.15) is 0 Å². The van der Waals surface area contributed by atoms with Crippen molar-refractivity contribution in [1.29, 1.82) is 0 Å². The third kappa shape index (κ3) is 5.66. The van der Waals surface area contributed by atoms with Gasteiger partial charge in [0, 0.05) is 60.7 Å². The fourth-order valence-electron chi connectivity index (χ4n) is 6.24. The molecule has 42 heavy (non-hydrogen) atoms. The van der Waals surface area contributed by atoms with Crippen molar-refractivity contribution in [3.8, 4) is 22.8 Å². The number of hydrogen-bond donors (Lipinski definition) is 1. The lowest BCUT2D eigenvalue weighted by molar-refractivity contribution is -0.137. The first-order chi connectivity index (χ1) is 20.5. The largest absolute Gasteiger partial charge is 0.493 e. The lowest BCUT2D eigenvalue weighted by Crippen LogP contribution is -2.44. The van der Waals surface area contributed by atoms with Crippen LogP contribution in [0.4, 0.5) is 0 Å². The molecule has 4 aromatic rings. The molecule has 0 unspecified atom stereocenters. The number of rotatable bonds is 7. The van der Waals surface area contributed by atoms with Crippen molar-refractivity contribution in [1.82, 2.24) is 29.8 Å². The highest BCUT2D eigenvalue weighted by atomic mass is 16.5. The van der Waals surface area contributed by atoms with Crippen molar-refractivity contribution in [2.75, 3.05) is 27.3 Å². The van der Waals surface area contributed by atoms with Gasteiger partial charge in [-0.2, -0.15) is 5.10 Å². The molecule has 2 aliphatic rings. The molecule has 1 saturated carbocycles. The zero-order valence-corrected chi connectivity index (χ0v) is 24.0. The normalized spacial score (nSPS) is 19.4. The summed E-state index contributed by atoms with van der Waals surface area (Å²) in [4.78, 5) is 37.4. The molecule has 3 aromatic heterocycles. The number of hydrogen-bond acceptors (Lipinski definition) is 7. The number of fused-ring (bicyclic) bond motifs is 1. The number of likely N-dealkylation sites (tertiary alicyclic amines) is 1. The summed E-state index contributed by atoms with van der Waals surface area (Å²) in [6.07, 6.45) is 8.55. The van der Waals surface area contributed by atoms with Crippen LogP contribution in [-0.2, 0) is 4.79 Å². The van der Waals surface area contributed by atoms with Gasteiger partial charge in [0.05, 0.1) is 19.9 Å². The second-order valence-electron chi connectivity index (χ2n) is 11.1. The highest BCUT2D eigenvalue weighted by Gasteiger charge is 2.32. The molecule has 0 atom stereocenters.